The van der Waals surface area contributed by atoms with Crippen molar-refractivity contribution in [2.24, 2.45) is 0 Å². The predicted molar refractivity (Wildman–Crippen MR) is 91.1 cm³/mol. The molecular formula is C18H26O6. The summed E-state index contributed by atoms with van der Waals surface area (Å²) < 4.78 is 14.6. The number of aliphatic hydroxyl groups is 1. The Labute approximate surface area is 143 Å². The molecule has 0 radical (unpaired) electrons. The molecule has 0 heterocycles. The van der Waals surface area contributed by atoms with Gasteiger partial charge in [0, 0.05) is 7.11 Å². The number of hydrogen-bond acceptors (Lipinski definition) is 6. The van der Waals surface area contributed by atoms with Crippen molar-refractivity contribution in [3.63, 3.8) is 0 Å². The first-order valence-corrected chi connectivity index (χ1v) is 7.52. The van der Waals surface area contributed by atoms with Gasteiger partial charge in [-0.05, 0) is 32.9 Å². The van der Waals surface area contributed by atoms with E-state index in [1.54, 1.807) is 12.1 Å². The Balaban J connectivity index is 0.00000118. The zero-order valence-electron chi connectivity index (χ0n) is 14.7. The Morgan fingerprint density at radius 1 is 1.08 bits per heavy atom. The highest BCUT2D eigenvalue weighted by Crippen LogP contribution is 2.12. The fourth-order valence-corrected chi connectivity index (χ4v) is 1.41. The van der Waals surface area contributed by atoms with Crippen LogP contribution in [0.5, 0.6) is 0 Å². The van der Waals surface area contributed by atoms with Gasteiger partial charge in [-0.2, -0.15) is 0 Å². The van der Waals surface area contributed by atoms with Crippen LogP contribution in [-0.4, -0.2) is 50.1 Å². The van der Waals surface area contributed by atoms with Gasteiger partial charge in [0.15, 0.2) is 0 Å². The molecule has 1 atom stereocenters. The highest BCUT2D eigenvalue weighted by atomic mass is 16.6. The summed E-state index contributed by atoms with van der Waals surface area (Å²) in [6.07, 6.45) is -0.764. The van der Waals surface area contributed by atoms with Gasteiger partial charge in [-0.25, -0.2) is 9.59 Å². The quantitative estimate of drug-likeness (QED) is 0.467. The van der Waals surface area contributed by atoms with E-state index in [-0.39, 0.29) is 30.9 Å². The zero-order chi connectivity index (χ0) is 18.5. The van der Waals surface area contributed by atoms with E-state index in [2.05, 4.69) is 6.58 Å². The van der Waals surface area contributed by atoms with Gasteiger partial charge < -0.3 is 19.3 Å². The number of methoxy groups -OCH3 is 1. The van der Waals surface area contributed by atoms with Crippen molar-refractivity contribution in [1.82, 2.24) is 0 Å². The van der Waals surface area contributed by atoms with Crippen molar-refractivity contribution in [2.45, 2.75) is 26.9 Å². The average molecular weight is 338 g/mol. The van der Waals surface area contributed by atoms with Gasteiger partial charge in [0.2, 0.25) is 0 Å². The van der Waals surface area contributed by atoms with Crippen LogP contribution < -0.4 is 0 Å². The van der Waals surface area contributed by atoms with Crippen LogP contribution in [0, 0.1) is 0 Å². The maximum Gasteiger partial charge on any atom is 0.339 e. The van der Waals surface area contributed by atoms with Crippen LogP contribution in [0.15, 0.2) is 36.4 Å². The highest BCUT2D eigenvalue weighted by molar-refractivity contribution is 6.03. The van der Waals surface area contributed by atoms with Crippen LogP contribution in [0.4, 0.5) is 0 Å². The van der Waals surface area contributed by atoms with Crippen molar-refractivity contribution in [2.75, 3.05) is 26.9 Å². The minimum absolute atomic E-state index is 0.104. The van der Waals surface area contributed by atoms with Crippen molar-refractivity contribution < 1.29 is 28.9 Å². The lowest BCUT2D eigenvalue weighted by Crippen LogP contribution is -2.19. The minimum Gasteiger partial charge on any atom is -0.460 e. The summed E-state index contributed by atoms with van der Waals surface area (Å²) in [5, 5.41) is 9.09. The monoisotopic (exact) mass is 338 g/mol. The molecule has 0 aliphatic rings. The predicted octanol–water partition coefficient (Wildman–Crippen LogP) is 2.61. The molecule has 0 saturated carbocycles. The van der Waals surface area contributed by atoms with Gasteiger partial charge in [-0.3, -0.25) is 0 Å². The third-order valence-electron chi connectivity index (χ3n) is 2.34. The van der Waals surface area contributed by atoms with E-state index in [1.165, 1.54) is 31.7 Å². The third-order valence-corrected chi connectivity index (χ3v) is 2.34. The first-order chi connectivity index (χ1) is 11.3. The SMILES string of the molecule is C=C(C)C.COCCOC(=O)c1ccccc1C(=O)OCC(C)O. The highest BCUT2D eigenvalue weighted by Gasteiger charge is 2.19. The van der Waals surface area contributed by atoms with Crippen LogP contribution in [0.2, 0.25) is 0 Å². The molecule has 0 saturated heterocycles. The topological polar surface area (TPSA) is 82.1 Å². The second-order valence-corrected chi connectivity index (χ2v) is 5.33. The molecule has 0 aliphatic heterocycles. The fourth-order valence-electron chi connectivity index (χ4n) is 1.41. The smallest absolute Gasteiger partial charge is 0.339 e. The molecule has 0 amide bonds. The number of esters is 2. The Hall–Kier alpha value is -2.18. The van der Waals surface area contributed by atoms with Crippen molar-refractivity contribution in [3.05, 3.63) is 47.5 Å². The van der Waals surface area contributed by atoms with E-state index in [1.807, 2.05) is 13.8 Å². The number of carbonyl (C=O) groups is 2. The molecule has 0 aromatic heterocycles. The Bertz CT molecular complexity index is 532. The molecule has 6 heteroatoms. The molecule has 1 N–H and O–H groups in total. The summed E-state index contributed by atoms with van der Waals surface area (Å²) in [4.78, 5) is 23.7. The second-order valence-electron chi connectivity index (χ2n) is 5.33. The third kappa shape index (κ3) is 9.76. The molecule has 0 aliphatic carbocycles. The summed E-state index contributed by atoms with van der Waals surface area (Å²) in [6, 6.07) is 6.19. The largest absolute Gasteiger partial charge is 0.460 e. The Morgan fingerprint density at radius 3 is 1.96 bits per heavy atom. The maximum atomic E-state index is 11.8. The first kappa shape index (κ1) is 21.8. The number of ether oxygens (including phenoxy) is 3. The summed E-state index contributed by atoms with van der Waals surface area (Å²) in [6.45, 7) is 9.25. The van der Waals surface area contributed by atoms with E-state index in [4.69, 9.17) is 19.3 Å². The molecule has 1 aromatic rings. The lowest BCUT2D eigenvalue weighted by molar-refractivity contribution is 0.0281. The molecular weight excluding hydrogens is 312 g/mol. The van der Waals surface area contributed by atoms with Gasteiger partial charge in [0.05, 0.1) is 23.8 Å². The molecule has 6 nitrogen and oxygen atoms in total. The first-order valence-electron chi connectivity index (χ1n) is 7.52. The minimum atomic E-state index is -0.764. The lowest BCUT2D eigenvalue weighted by Gasteiger charge is -2.10. The van der Waals surface area contributed by atoms with E-state index >= 15 is 0 Å². The molecule has 0 bridgehead atoms. The summed E-state index contributed by atoms with van der Waals surface area (Å²) in [5.74, 6) is -1.29. The summed E-state index contributed by atoms with van der Waals surface area (Å²) in [7, 11) is 1.50. The Morgan fingerprint density at radius 2 is 1.54 bits per heavy atom. The second kappa shape index (κ2) is 12.3. The van der Waals surface area contributed by atoms with E-state index in [9.17, 15) is 9.59 Å². The van der Waals surface area contributed by atoms with E-state index in [0.717, 1.165) is 0 Å². The molecule has 1 unspecified atom stereocenters. The van der Waals surface area contributed by atoms with Crippen LogP contribution in [-0.2, 0) is 14.2 Å². The maximum absolute atomic E-state index is 11.8. The van der Waals surface area contributed by atoms with Crippen LogP contribution in [0.1, 0.15) is 41.5 Å². The molecule has 134 valence electrons. The van der Waals surface area contributed by atoms with Crippen molar-refractivity contribution >= 4 is 11.9 Å². The summed E-state index contributed by atoms with van der Waals surface area (Å²) >= 11 is 0. The number of hydrogen-bond donors (Lipinski definition) is 1. The van der Waals surface area contributed by atoms with Gasteiger partial charge in [-0.15, -0.1) is 6.58 Å². The Kier molecular flexibility index (Phi) is 11.2. The van der Waals surface area contributed by atoms with Crippen LogP contribution in [0.25, 0.3) is 0 Å². The van der Waals surface area contributed by atoms with Crippen molar-refractivity contribution in [3.8, 4) is 0 Å². The molecule has 1 aromatic carbocycles. The van der Waals surface area contributed by atoms with E-state index < -0.39 is 18.0 Å². The average Bonchev–Trinajstić information content (AvgIpc) is 2.52. The zero-order valence-corrected chi connectivity index (χ0v) is 14.7. The lowest BCUT2D eigenvalue weighted by atomic mass is 10.1. The van der Waals surface area contributed by atoms with Gasteiger partial charge in [0.1, 0.15) is 13.2 Å². The van der Waals surface area contributed by atoms with Crippen LogP contribution >= 0.6 is 0 Å². The number of aliphatic hydroxyl groups excluding tert-OH is 1. The van der Waals surface area contributed by atoms with Crippen molar-refractivity contribution in [1.29, 1.82) is 0 Å². The normalized spacial score (nSPS) is 10.9. The standard InChI is InChI=1S/C14H18O6.C4H8/c1-10(15)9-20-14(17)12-6-4-3-5-11(12)13(16)19-8-7-18-2;1-4(2)3/h3-6,10,15H,7-9H2,1-2H3;1H2,2-3H3. The molecule has 0 fully saturated rings. The molecule has 0 spiro atoms. The van der Waals surface area contributed by atoms with Crippen LogP contribution in [0.3, 0.4) is 0 Å². The fraction of sp³-hybridized carbons (Fsp3) is 0.444. The number of allylic oxidation sites excluding steroid dienone is 1. The van der Waals surface area contributed by atoms with Gasteiger partial charge >= 0.3 is 11.9 Å². The molecule has 24 heavy (non-hydrogen) atoms. The van der Waals surface area contributed by atoms with Gasteiger partial charge in [-0.1, -0.05) is 17.7 Å². The summed E-state index contributed by atoms with van der Waals surface area (Å²) in [5.41, 5.74) is 1.40. The van der Waals surface area contributed by atoms with E-state index in [0.29, 0.717) is 0 Å². The number of benzene rings is 1. The van der Waals surface area contributed by atoms with Gasteiger partial charge in [0.25, 0.3) is 0 Å². The number of rotatable bonds is 7. The molecule has 1 rings (SSSR count). The number of carbonyl (C=O) groups excluding carboxylic acids is 2.